The predicted octanol–water partition coefficient (Wildman–Crippen LogP) is 2.75. The molecule has 0 spiro atoms. The van der Waals surface area contributed by atoms with E-state index in [0.717, 1.165) is 16.7 Å². The molecule has 0 amide bonds. The van der Waals surface area contributed by atoms with Crippen LogP contribution in [0.15, 0.2) is 24.3 Å². The van der Waals surface area contributed by atoms with Crippen molar-refractivity contribution in [3.8, 4) is 0 Å². The average Bonchev–Trinajstić information content (AvgIpc) is 2.14. The largest absolute Gasteiger partial charge is 0.507 e. The van der Waals surface area contributed by atoms with E-state index in [9.17, 15) is 9.90 Å². The molecule has 2 heteroatoms. The zero-order chi connectivity index (χ0) is 11.2. The number of ketones is 1. The lowest BCUT2D eigenvalue weighted by Crippen LogP contribution is -2.32. The lowest BCUT2D eigenvalue weighted by Gasteiger charge is -2.30. The second kappa shape index (κ2) is 2.96. The summed E-state index contributed by atoms with van der Waals surface area (Å²) in [4.78, 5) is 11.8. The zero-order valence-corrected chi connectivity index (χ0v) is 9.16. The number of rotatable bonds is 0. The van der Waals surface area contributed by atoms with Crippen LogP contribution >= 0.6 is 0 Å². The standard InChI is InChI=1S/C13H14O2/c1-8-5-4-6-9-10(14)7-11(15)13(2,3)12(8)9/h4-7,14H,1-3H3. The highest BCUT2D eigenvalue weighted by Crippen LogP contribution is 2.37. The molecule has 0 heterocycles. The minimum absolute atomic E-state index is 0.0400. The van der Waals surface area contributed by atoms with Crippen molar-refractivity contribution in [2.24, 2.45) is 0 Å². The number of carbonyl (C=O) groups excluding carboxylic acids is 1. The van der Waals surface area contributed by atoms with Crippen molar-refractivity contribution in [2.75, 3.05) is 0 Å². The summed E-state index contributed by atoms with van der Waals surface area (Å²) in [7, 11) is 0. The Morgan fingerprint density at radius 1 is 1.27 bits per heavy atom. The van der Waals surface area contributed by atoms with Gasteiger partial charge in [-0.2, -0.15) is 0 Å². The van der Waals surface area contributed by atoms with Crippen molar-refractivity contribution in [3.05, 3.63) is 41.0 Å². The highest BCUT2D eigenvalue weighted by atomic mass is 16.3. The Kier molecular flexibility index (Phi) is 1.97. The highest BCUT2D eigenvalue weighted by Gasteiger charge is 2.36. The Morgan fingerprint density at radius 3 is 2.60 bits per heavy atom. The Bertz CT molecular complexity index is 467. The Labute approximate surface area is 89.2 Å². The van der Waals surface area contributed by atoms with Gasteiger partial charge in [0.2, 0.25) is 0 Å². The van der Waals surface area contributed by atoms with Gasteiger partial charge in [-0.05, 0) is 31.9 Å². The van der Waals surface area contributed by atoms with E-state index in [2.05, 4.69) is 0 Å². The van der Waals surface area contributed by atoms with Gasteiger partial charge in [-0.3, -0.25) is 4.79 Å². The fraction of sp³-hybridized carbons (Fsp3) is 0.308. The highest BCUT2D eigenvalue weighted by molar-refractivity contribution is 6.06. The number of hydrogen-bond acceptors (Lipinski definition) is 2. The maximum absolute atomic E-state index is 11.8. The van der Waals surface area contributed by atoms with Crippen LogP contribution in [-0.4, -0.2) is 10.9 Å². The van der Waals surface area contributed by atoms with Crippen molar-refractivity contribution in [3.63, 3.8) is 0 Å². The SMILES string of the molecule is Cc1cccc2c1C(C)(C)C(=O)C=C2O. The maximum Gasteiger partial charge on any atom is 0.169 e. The molecule has 0 bridgehead atoms. The number of aryl methyl sites for hydroxylation is 1. The molecule has 0 saturated carbocycles. The Morgan fingerprint density at radius 2 is 1.93 bits per heavy atom. The predicted molar refractivity (Wildman–Crippen MR) is 59.8 cm³/mol. The van der Waals surface area contributed by atoms with E-state index < -0.39 is 5.41 Å². The van der Waals surface area contributed by atoms with Gasteiger partial charge in [0.15, 0.2) is 5.78 Å². The Balaban J connectivity index is 2.81. The van der Waals surface area contributed by atoms with Gasteiger partial charge in [0.25, 0.3) is 0 Å². The molecule has 1 aromatic carbocycles. The van der Waals surface area contributed by atoms with Gasteiger partial charge in [0.1, 0.15) is 5.76 Å². The summed E-state index contributed by atoms with van der Waals surface area (Å²) < 4.78 is 0. The van der Waals surface area contributed by atoms with Crippen LogP contribution in [0.5, 0.6) is 0 Å². The van der Waals surface area contributed by atoms with Crippen LogP contribution in [0.3, 0.4) is 0 Å². The fourth-order valence-electron chi connectivity index (χ4n) is 2.22. The summed E-state index contributed by atoms with van der Waals surface area (Å²) in [5, 5.41) is 9.73. The van der Waals surface area contributed by atoms with E-state index in [1.54, 1.807) is 0 Å². The minimum atomic E-state index is -0.535. The molecule has 0 fully saturated rings. The van der Waals surface area contributed by atoms with Gasteiger partial charge < -0.3 is 5.11 Å². The molecular formula is C13H14O2. The van der Waals surface area contributed by atoms with Crippen LogP contribution in [-0.2, 0) is 10.2 Å². The van der Waals surface area contributed by atoms with Gasteiger partial charge in [-0.25, -0.2) is 0 Å². The number of hydrogen-bond donors (Lipinski definition) is 1. The molecule has 78 valence electrons. The molecule has 1 aliphatic carbocycles. The molecule has 0 atom stereocenters. The summed E-state index contributed by atoms with van der Waals surface area (Å²) in [6.45, 7) is 5.75. The summed E-state index contributed by atoms with van der Waals surface area (Å²) in [6, 6.07) is 5.71. The van der Waals surface area contributed by atoms with Gasteiger partial charge >= 0.3 is 0 Å². The third kappa shape index (κ3) is 1.29. The molecule has 0 unspecified atom stereocenters. The van der Waals surface area contributed by atoms with E-state index in [0.29, 0.717) is 0 Å². The molecule has 0 aromatic heterocycles. The number of allylic oxidation sites excluding steroid dienone is 1. The molecule has 0 saturated heterocycles. The van der Waals surface area contributed by atoms with Crippen molar-refractivity contribution in [2.45, 2.75) is 26.2 Å². The summed E-state index contributed by atoms with van der Waals surface area (Å²) >= 11 is 0. The number of aliphatic hydroxyl groups is 1. The molecular weight excluding hydrogens is 188 g/mol. The van der Waals surface area contributed by atoms with Crippen molar-refractivity contribution in [1.29, 1.82) is 0 Å². The van der Waals surface area contributed by atoms with E-state index in [1.165, 1.54) is 6.08 Å². The van der Waals surface area contributed by atoms with E-state index in [4.69, 9.17) is 0 Å². The van der Waals surface area contributed by atoms with Crippen LogP contribution in [0.1, 0.15) is 30.5 Å². The zero-order valence-electron chi connectivity index (χ0n) is 9.16. The first kappa shape index (κ1) is 9.97. The van der Waals surface area contributed by atoms with Crippen LogP contribution in [0.2, 0.25) is 0 Å². The lowest BCUT2D eigenvalue weighted by atomic mass is 9.72. The third-order valence-corrected chi connectivity index (χ3v) is 3.06. The molecule has 15 heavy (non-hydrogen) atoms. The second-order valence-electron chi connectivity index (χ2n) is 4.52. The summed E-state index contributed by atoms with van der Waals surface area (Å²) in [6.07, 6.45) is 1.32. The number of fused-ring (bicyclic) bond motifs is 1. The van der Waals surface area contributed by atoms with Crippen molar-refractivity contribution in [1.82, 2.24) is 0 Å². The quantitative estimate of drug-likeness (QED) is 0.702. The van der Waals surface area contributed by atoms with E-state index in [1.807, 2.05) is 39.0 Å². The smallest absolute Gasteiger partial charge is 0.169 e. The molecule has 1 aliphatic rings. The fourth-order valence-corrected chi connectivity index (χ4v) is 2.22. The van der Waals surface area contributed by atoms with Crippen molar-refractivity contribution < 1.29 is 9.90 Å². The first-order chi connectivity index (χ1) is 6.94. The van der Waals surface area contributed by atoms with Crippen LogP contribution in [0.25, 0.3) is 5.76 Å². The number of carbonyl (C=O) groups is 1. The van der Waals surface area contributed by atoms with Gasteiger partial charge in [0, 0.05) is 11.6 Å². The van der Waals surface area contributed by atoms with Crippen LogP contribution in [0, 0.1) is 6.92 Å². The van der Waals surface area contributed by atoms with Gasteiger partial charge in [0.05, 0.1) is 5.41 Å². The van der Waals surface area contributed by atoms with E-state index >= 15 is 0 Å². The Hall–Kier alpha value is -1.57. The minimum Gasteiger partial charge on any atom is -0.507 e. The number of benzene rings is 1. The monoisotopic (exact) mass is 202 g/mol. The second-order valence-corrected chi connectivity index (χ2v) is 4.52. The van der Waals surface area contributed by atoms with Gasteiger partial charge in [-0.15, -0.1) is 0 Å². The van der Waals surface area contributed by atoms with Crippen molar-refractivity contribution >= 4 is 11.5 Å². The lowest BCUT2D eigenvalue weighted by molar-refractivity contribution is -0.119. The first-order valence-electron chi connectivity index (χ1n) is 5.00. The summed E-state index contributed by atoms with van der Waals surface area (Å²) in [5.74, 6) is 0.0415. The number of aliphatic hydroxyl groups excluding tert-OH is 1. The molecule has 1 aromatic rings. The van der Waals surface area contributed by atoms with E-state index in [-0.39, 0.29) is 11.5 Å². The van der Waals surface area contributed by atoms with Crippen LogP contribution < -0.4 is 0 Å². The third-order valence-electron chi connectivity index (χ3n) is 3.06. The maximum atomic E-state index is 11.8. The molecule has 2 rings (SSSR count). The van der Waals surface area contributed by atoms with Gasteiger partial charge in [-0.1, -0.05) is 18.2 Å². The average molecular weight is 202 g/mol. The molecule has 0 radical (unpaired) electrons. The van der Waals surface area contributed by atoms with Crippen LogP contribution in [0.4, 0.5) is 0 Å². The summed E-state index contributed by atoms with van der Waals surface area (Å²) in [5.41, 5.74) is 2.23. The molecule has 2 nitrogen and oxygen atoms in total. The first-order valence-corrected chi connectivity index (χ1v) is 5.00. The topological polar surface area (TPSA) is 37.3 Å². The normalized spacial score (nSPS) is 18.3. The molecule has 0 aliphatic heterocycles. The molecule has 1 N–H and O–H groups in total.